The quantitative estimate of drug-likeness (QED) is 0.423. The Bertz CT molecular complexity index is 1360. The summed E-state index contributed by atoms with van der Waals surface area (Å²) in [5.41, 5.74) is 3.51. The number of hydrogen-bond donors (Lipinski definition) is 1. The van der Waals surface area contributed by atoms with Gasteiger partial charge in [-0.2, -0.15) is 0 Å². The van der Waals surface area contributed by atoms with Gasteiger partial charge in [0.25, 0.3) is 5.91 Å². The number of nitrogens with zero attached hydrogens (tertiary/aromatic N) is 3. The third kappa shape index (κ3) is 4.71. The summed E-state index contributed by atoms with van der Waals surface area (Å²) in [5.74, 6) is -1.75. The highest BCUT2D eigenvalue weighted by molar-refractivity contribution is 8.02. The average Bonchev–Trinajstić information content (AvgIpc) is 3.62. The molecule has 1 spiro atoms. The van der Waals surface area contributed by atoms with E-state index in [1.807, 2.05) is 62.4 Å². The molecule has 5 rings (SSSR count). The Labute approximate surface area is 246 Å². The van der Waals surface area contributed by atoms with E-state index in [4.69, 9.17) is 0 Å². The number of carbonyl (C=O) groups is 3. The lowest BCUT2D eigenvalue weighted by molar-refractivity contribution is -0.141. The minimum atomic E-state index is -0.806. The van der Waals surface area contributed by atoms with Gasteiger partial charge in [-0.05, 0) is 62.9 Å². The number of hydrogen-bond acceptors (Lipinski definition) is 5. The van der Waals surface area contributed by atoms with Crippen molar-refractivity contribution in [2.24, 2.45) is 11.8 Å². The van der Waals surface area contributed by atoms with Crippen LogP contribution >= 0.6 is 11.8 Å². The third-order valence-corrected chi connectivity index (χ3v) is 10.8. The van der Waals surface area contributed by atoms with Gasteiger partial charge >= 0.3 is 0 Å². The van der Waals surface area contributed by atoms with E-state index >= 15 is 0 Å². The molecule has 3 amide bonds. The Kier molecular flexibility index (Phi) is 8.17. The van der Waals surface area contributed by atoms with Crippen LogP contribution in [-0.4, -0.2) is 69.5 Å². The van der Waals surface area contributed by atoms with Crippen LogP contribution in [0.15, 0.2) is 73.8 Å². The maximum atomic E-state index is 14.7. The number of fused-ring (bicyclic) bond motifs is 1. The van der Waals surface area contributed by atoms with Gasteiger partial charge in [-0.15, -0.1) is 24.9 Å². The van der Waals surface area contributed by atoms with Crippen LogP contribution in [0.1, 0.15) is 30.9 Å². The number of para-hydroxylation sites is 1. The van der Waals surface area contributed by atoms with Gasteiger partial charge in [-0.3, -0.25) is 14.4 Å². The summed E-state index contributed by atoms with van der Waals surface area (Å²) in [6, 6.07) is 14.1. The molecule has 6 atom stereocenters. The van der Waals surface area contributed by atoms with Crippen molar-refractivity contribution in [2.75, 3.05) is 29.5 Å². The lowest BCUT2D eigenvalue weighted by Crippen LogP contribution is -2.57. The van der Waals surface area contributed by atoms with Crippen molar-refractivity contribution in [1.29, 1.82) is 0 Å². The van der Waals surface area contributed by atoms with Gasteiger partial charge in [-0.25, -0.2) is 0 Å². The average molecular weight is 574 g/mol. The lowest BCUT2D eigenvalue weighted by atomic mass is 9.70. The maximum absolute atomic E-state index is 14.7. The Morgan fingerprint density at radius 1 is 1.10 bits per heavy atom. The number of likely N-dealkylation sites (tertiary alicyclic amines) is 1. The van der Waals surface area contributed by atoms with Gasteiger partial charge in [0.05, 0.1) is 29.2 Å². The Balaban J connectivity index is 1.59. The fourth-order valence-corrected chi connectivity index (χ4v) is 9.24. The van der Waals surface area contributed by atoms with Crippen molar-refractivity contribution < 1.29 is 19.5 Å². The lowest BCUT2D eigenvalue weighted by Gasteiger charge is -2.39. The molecule has 41 heavy (non-hydrogen) atoms. The zero-order chi connectivity index (χ0) is 29.5. The van der Waals surface area contributed by atoms with Crippen molar-refractivity contribution in [3.05, 3.63) is 85.0 Å². The number of aryl methyl sites for hydroxylation is 2. The minimum Gasteiger partial charge on any atom is -0.394 e. The number of aliphatic hydroxyl groups is 1. The molecule has 8 heteroatoms. The first kappa shape index (κ1) is 29.1. The molecule has 3 fully saturated rings. The normalized spacial score (nSPS) is 26.9. The molecular weight excluding hydrogens is 534 g/mol. The standard InChI is InChI=1S/C33H39N3O4S/c1-6-17-34(24-11-9-8-10-12-24)30(38)27-26-15-16-33(41-26)28(27)31(39)36(23(5)20-37)29(33)32(40)35(18-7-2)25-19-21(3)13-14-22(25)4/h6-14,19,23,26-29,37H,1-2,15-18,20H2,3-5H3/t23-,26+,27-,28+,29?,33?/m1/s1. The van der Waals surface area contributed by atoms with Gasteiger partial charge in [-0.1, -0.05) is 42.5 Å². The smallest absolute Gasteiger partial charge is 0.251 e. The van der Waals surface area contributed by atoms with E-state index in [0.29, 0.717) is 13.0 Å². The number of amides is 3. The summed E-state index contributed by atoms with van der Waals surface area (Å²) >= 11 is 1.64. The molecular formula is C33H39N3O4S. The highest BCUT2D eigenvalue weighted by Crippen LogP contribution is 2.67. The number of thioether (sulfide) groups is 1. The van der Waals surface area contributed by atoms with Crippen LogP contribution in [0.4, 0.5) is 11.4 Å². The molecule has 2 unspecified atom stereocenters. The number of rotatable bonds is 10. The summed E-state index contributed by atoms with van der Waals surface area (Å²) in [5, 5.41) is 10.2. The molecule has 7 nitrogen and oxygen atoms in total. The first-order chi connectivity index (χ1) is 19.7. The van der Waals surface area contributed by atoms with Gasteiger partial charge in [0.1, 0.15) is 6.04 Å². The maximum Gasteiger partial charge on any atom is 0.251 e. The van der Waals surface area contributed by atoms with Gasteiger partial charge < -0.3 is 19.8 Å². The van der Waals surface area contributed by atoms with Crippen LogP contribution in [0.5, 0.6) is 0 Å². The number of aliphatic hydroxyl groups excluding tert-OH is 1. The summed E-state index contributed by atoms with van der Waals surface area (Å²) in [4.78, 5) is 48.4. The van der Waals surface area contributed by atoms with E-state index in [-0.39, 0.29) is 36.1 Å². The topological polar surface area (TPSA) is 81.2 Å². The first-order valence-electron chi connectivity index (χ1n) is 14.3. The van der Waals surface area contributed by atoms with Gasteiger partial charge in [0, 0.05) is 29.7 Å². The summed E-state index contributed by atoms with van der Waals surface area (Å²) in [6.07, 6.45) is 4.80. The fourth-order valence-electron chi connectivity index (χ4n) is 7.05. The van der Waals surface area contributed by atoms with Gasteiger partial charge in [0.2, 0.25) is 11.8 Å². The van der Waals surface area contributed by atoms with Crippen molar-refractivity contribution in [3.8, 4) is 0 Å². The zero-order valence-electron chi connectivity index (χ0n) is 24.0. The largest absolute Gasteiger partial charge is 0.394 e. The minimum absolute atomic E-state index is 0.0667. The van der Waals surface area contributed by atoms with Crippen LogP contribution in [0.25, 0.3) is 0 Å². The monoisotopic (exact) mass is 573 g/mol. The molecule has 3 aliphatic heterocycles. The highest BCUT2D eigenvalue weighted by Gasteiger charge is 2.74. The van der Waals surface area contributed by atoms with Crippen molar-refractivity contribution in [1.82, 2.24) is 4.90 Å². The molecule has 0 saturated carbocycles. The molecule has 0 radical (unpaired) electrons. The zero-order valence-corrected chi connectivity index (χ0v) is 24.8. The van der Waals surface area contributed by atoms with Crippen LogP contribution in [0.2, 0.25) is 0 Å². The van der Waals surface area contributed by atoms with Crippen LogP contribution in [-0.2, 0) is 14.4 Å². The second-order valence-electron chi connectivity index (χ2n) is 11.4. The van der Waals surface area contributed by atoms with E-state index in [1.54, 1.807) is 45.5 Å². The number of anilines is 2. The predicted molar refractivity (Wildman–Crippen MR) is 165 cm³/mol. The molecule has 1 N–H and O–H groups in total. The van der Waals surface area contributed by atoms with E-state index in [0.717, 1.165) is 28.9 Å². The van der Waals surface area contributed by atoms with E-state index in [9.17, 15) is 19.5 Å². The molecule has 3 saturated heterocycles. The van der Waals surface area contributed by atoms with Crippen molar-refractivity contribution >= 4 is 40.9 Å². The summed E-state index contributed by atoms with van der Waals surface area (Å²) < 4.78 is -0.754. The summed E-state index contributed by atoms with van der Waals surface area (Å²) in [7, 11) is 0. The SMILES string of the molecule is C=CCN(C(=O)[C@@H]1[C@@H]2CCC3(S2)C(C(=O)N(CC=C)c2cc(C)ccc2C)N([C@H](C)CO)C(=O)[C@H]13)c1ccccc1. The van der Waals surface area contributed by atoms with Crippen molar-refractivity contribution in [3.63, 3.8) is 0 Å². The molecule has 2 aromatic carbocycles. The molecule has 0 aromatic heterocycles. The fraction of sp³-hybridized carbons (Fsp3) is 0.424. The number of benzene rings is 2. The second kappa shape index (κ2) is 11.5. The predicted octanol–water partition coefficient (Wildman–Crippen LogP) is 4.51. The highest BCUT2D eigenvalue weighted by atomic mass is 32.2. The molecule has 3 aliphatic rings. The Hall–Kier alpha value is -3.36. The van der Waals surface area contributed by atoms with Crippen molar-refractivity contribution in [2.45, 2.75) is 55.7 Å². The number of carbonyl (C=O) groups excluding carboxylic acids is 3. The Morgan fingerprint density at radius 2 is 1.78 bits per heavy atom. The molecule has 2 bridgehead atoms. The molecule has 2 aromatic rings. The summed E-state index contributed by atoms with van der Waals surface area (Å²) in [6.45, 7) is 13.8. The third-order valence-electron chi connectivity index (χ3n) is 8.87. The molecule has 3 heterocycles. The second-order valence-corrected chi connectivity index (χ2v) is 13.0. The van der Waals surface area contributed by atoms with Crippen LogP contribution < -0.4 is 9.80 Å². The van der Waals surface area contributed by atoms with E-state index in [1.165, 1.54) is 0 Å². The van der Waals surface area contributed by atoms with Gasteiger partial charge in [0.15, 0.2) is 0 Å². The van der Waals surface area contributed by atoms with E-state index < -0.39 is 28.7 Å². The molecule has 216 valence electrons. The van der Waals surface area contributed by atoms with E-state index in [2.05, 4.69) is 13.2 Å². The Morgan fingerprint density at radius 3 is 2.44 bits per heavy atom. The van der Waals surface area contributed by atoms with Crippen LogP contribution in [0, 0.1) is 25.7 Å². The first-order valence-corrected chi connectivity index (χ1v) is 15.2. The van der Waals surface area contributed by atoms with Crippen LogP contribution in [0.3, 0.4) is 0 Å². The molecule has 0 aliphatic carbocycles.